The lowest BCUT2D eigenvalue weighted by Gasteiger charge is -2.17. The van der Waals surface area contributed by atoms with Gasteiger partial charge in [-0.05, 0) is 24.8 Å². The maximum atomic E-state index is 12.3. The van der Waals surface area contributed by atoms with Crippen molar-refractivity contribution in [1.29, 1.82) is 0 Å². The Labute approximate surface area is 106 Å². The topological polar surface area (TPSA) is 29.5 Å². The summed E-state index contributed by atoms with van der Waals surface area (Å²) >= 11 is 1.61. The molecule has 1 heterocycles. The molecule has 1 fully saturated rings. The summed E-state index contributed by atoms with van der Waals surface area (Å²) in [5.41, 5.74) is 0.803. The Bertz CT molecular complexity index is 408. The summed E-state index contributed by atoms with van der Waals surface area (Å²) in [7, 11) is 1.70. The number of amides is 1. The largest absolute Gasteiger partial charge is 0.380 e. The van der Waals surface area contributed by atoms with Crippen LogP contribution in [0.4, 0.5) is 0 Å². The van der Waals surface area contributed by atoms with Crippen LogP contribution in [0.25, 0.3) is 0 Å². The molecule has 1 aliphatic heterocycles. The zero-order valence-corrected chi connectivity index (χ0v) is 11.0. The van der Waals surface area contributed by atoms with E-state index in [-0.39, 0.29) is 12.0 Å². The number of benzene rings is 1. The van der Waals surface area contributed by atoms with Gasteiger partial charge in [0.1, 0.15) is 0 Å². The Morgan fingerprint density at radius 3 is 2.88 bits per heavy atom. The average Bonchev–Trinajstić information content (AvgIpc) is 2.86. The fourth-order valence-electron chi connectivity index (χ4n) is 2.10. The summed E-state index contributed by atoms with van der Waals surface area (Å²) in [4.78, 5) is 15.3. The van der Waals surface area contributed by atoms with Crippen LogP contribution in [0.3, 0.4) is 0 Å². The average molecular weight is 251 g/mol. The predicted molar refractivity (Wildman–Crippen MR) is 69.5 cm³/mol. The molecular weight excluding hydrogens is 234 g/mol. The van der Waals surface area contributed by atoms with Crippen molar-refractivity contribution in [3.05, 3.63) is 29.8 Å². The predicted octanol–water partition coefficient (Wildman–Crippen LogP) is 2.27. The van der Waals surface area contributed by atoms with Gasteiger partial charge in [0.25, 0.3) is 5.91 Å². The first-order valence-corrected chi connectivity index (χ1v) is 6.94. The van der Waals surface area contributed by atoms with Gasteiger partial charge < -0.3 is 9.64 Å². The number of carbonyl (C=O) groups excluding carboxylic acids is 1. The molecule has 1 aliphatic rings. The van der Waals surface area contributed by atoms with Gasteiger partial charge in [-0.3, -0.25) is 4.79 Å². The third kappa shape index (κ3) is 2.64. The van der Waals surface area contributed by atoms with Crippen molar-refractivity contribution in [3.63, 3.8) is 0 Å². The van der Waals surface area contributed by atoms with Gasteiger partial charge in [-0.2, -0.15) is 0 Å². The van der Waals surface area contributed by atoms with E-state index in [4.69, 9.17) is 4.74 Å². The van der Waals surface area contributed by atoms with E-state index in [9.17, 15) is 4.79 Å². The van der Waals surface area contributed by atoms with E-state index in [0.717, 1.165) is 23.4 Å². The van der Waals surface area contributed by atoms with Crippen LogP contribution >= 0.6 is 11.8 Å². The standard InChI is InChI=1S/C13H17NO2S/c1-16-10-7-8-14(9-10)13(15)11-5-3-4-6-12(11)17-2/h3-6,10H,7-9H2,1-2H3. The van der Waals surface area contributed by atoms with E-state index >= 15 is 0 Å². The Hall–Kier alpha value is -1.00. The van der Waals surface area contributed by atoms with Crippen molar-refractivity contribution >= 4 is 17.7 Å². The summed E-state index contributed by atoms with van der Waals surface area (Å²) in [6.07, 6.45) is 3.12. The van der Waals surface area contributed by atoms with E-state index in [1.807, 2.05) is 35.4 Å². The molecule has 92 valence electrons. The van der Waals surface area contributed by atoms with Gasteiger partial charge >= 0.3 is 0 Å². The summed E-state index contributed by atoms with van der Waals surface area (Å²) in [6.45, 7) is 1.50. The summed E-state index contributed by atoms with van der Waals surface area (Å²) < 4.78 is 5.28. The highest BCUT2D eigenvalue weighted by Crippen LogP contribution is 2.23. The second-order valence-electron chi connectivity index (χ2n) is 4.10. The zero-order chi connectivity index (χ0) is 12.3. The van der Waals surface area contributed by atoms with Crippen molar-refractivity contribution in [2.75, 3.05) is 26.5 Å². The number of ether oxygens (including phenoxy) is 1. The molecule has 17 heavy (non-hydrogen) atoms. The SMILES string of the molecule is COC1CCN(C(=O)c2ccccc2SC)C1. The molecule has 1 saturated heterocycles. The van der Waals surface area contributed by atoms with E-state index in [1.165, 1.54) is 0 Å². The Kier molecular flexibility index (Phi) is 4.07. The van der Waals surface area contributed by atoms with E-state index < -0.39 is 0 Å². The van der Waals surface area contributed by atoms with Crippen LogP contribution in [0.15, 0.2) is 29.2 Å². The second-order valence-corrected chi connectivity index (χ2v) is 4.95. The number of carbonyl (C=O) groups is 1. The quantitative estimate of drug-likeness (QED) is 0.772. The highest BCUT2D eigenvalue weighted by Gasteiger charge is 2.27. The normalized spacial score (nSPS) is 19.6. The highest BCUT2D eigenvalue weighted by molar-refractivity contribution is 7.98. The van der Waals surface area contributed by atoms with Gasteiger partial charge in [-0.1, -0.05) is 12.1 Å². The number of nitrogens with zero attached hydrogens (tertiary/aromatic N) is 1. The molecule has 1 unspecified atom stereocenters. The molecule has 0 aliphatic carbocycles. The molecule has 3 nitrogen and oxygen atoms in total. The fraction of sp³-hybridized carbons (Fsp3) is 0.462. The molecular formula is C13H17NO2S. The lowest BCUT2D eigenvalue weighted by molar-refractivity contribution is 0.0721. The van der Waals surface area contributed by atoms with Crippen LogP contribution in [0.5, 0.6) is 0 Å². The van der Waals surface area contributed by atoms with Gasteiger partial charge in [0.05, 0.1) is 11.7 Å². The van der Waals surface area contributed by atoms with Crippen molar-refractivity contribution in [2.45, 2.75) is 17.4 Å². The molecule has 0 N–H and O–H groups in total. The summed E-state index contributed by atoms with van der Waals surface area (Å²) in [6, 6.07) is 7.76. The molecule has 1 atom stereocenters. The molecule has 0 saturated carbocycles. The fourth-order valence-corrected chi connectivity index (χ4v) is 2.69. The molecule has 2 rings (SSSR count). The van der Waals surface area contributed by atoms with Crippen molar-refractivity contribution in [3.8, 4) is 0 Å². The smallest absolute Gasteiger partial charge is 0.255 e. The lowest BCUT2D eigenvalue weighted by atomic mass is 10.2. The first kappa shape index (κ1) is 12.5. The first-order chi connectivity index (χ1) is 8.26. The van der Waals surface area contributed by atoms with Crippen molar-refractivity contribution < 1.29 is 9.53 Å². The molecule has 1 aromatic rings. The third-order valence-corrected chi connectivity index (χ3v) is 3.90. The Balaban J connectivity index is 2.15. The summed E-state index contributed by atoms with van der Waals surface area (Å²) in [5, 5.41) is 0. The molecule has 1 aromatic carbocycles. The van der Waals surface area contributed by atoms with Gasteiger partial charge in [0.2, 0.25) is 0 Å². The number of hydrogen-bond donors (Lipinski definition) is 0. The van der Waals surface area contributed by atoms with E-state index in [1.54, 1.807) is 18.9 Å². The number of likely N-dealkylation sites (tertiary alicyclic amines) is 1. The first-order valence-electron chi connectivity index (χ1n) is 5.71. The lowest BCUT2D eigenvalue weighted by Crippen LogP contribution is -2.30. The minimum absolute atomic E-state index is 0.120. The summed E-state index contributed by atoms with van der Waals surface area (Å²) in [5.74, 6) is 0.120. The second kappa shape index (κ2) is 5.56. The molecule has 0 aromatic heterocycles. The van der Waals surface area contributed by atoms with Gasteiger partial charge in [-0.15, -0.1) is 11.8 Å². The Morgan fingerprint density at radius 1 is 1.47 bits per heavy atom. The maximum absolute atomic E-state index is 12.3. The van der Waals surface area contributed by atoms with E-state index in [0.29, 0.717) is 6.54 Å². The third-order valence-electron chi connectivity index (χ3n) is 3.10. The highest BCUT2D eigenvalue weighted by atomic mass is 32.2. The molecule has 0 radical (unpaired) electrons. The molecule has 4 heteroatoms. The van der Waals surface area contributed by atoms with Crippen LogP contribution in [-0.2, 0) is 4.74 Å². The van der Waals surface area contributed by atoms with Crippen LogP contribution in [0.1, 0.15) is 16.8 Å². The molecule has 0 bridgehead atoms. The minimum Gasteiger partial charge on any atom is -0.380 e. The van der Waals surface area contributed by atoms with Crippen LogP contribution in [0, 0.1) is 0 Å². The van der Waals surface area contributed by atoms with Crippen molar-refractivity contribution in [2.24, 2.45) is 0 Å². The Morgan fingerprint density at radius 2 is 2.24 bits per heavy atom. The monoisotopic (exact) mass is 251 g/mol. The zero-order valence-electron chi connectivity index (χ0n) is 10.2. The van der Waals surface area contributed by atoms with Gasteiger partial charge in [-0.25, -0.2) is 0 Å². The van der Waals surface area contributed by atoms with Crippen LogP contribution in [0.2, 0.25) is 0 Å². The van der Waals surface area contributed by atoms with Crippen LogP contribution in [-0.4, -0.2) is 43.4 Å². The number of hydrogen-bond acceptors (Lipinski definition) is 3. The van der Waals surface area contributed by atoms with Crippen molar-refractivity contribution in [1.82, 2.24) is 4.90 Å². The number of thioether (sulfide) groups is 1. The molecule has 0 spiro atoms. The molecule has 1 amide bonds. The van der Waals surface area contributed by atoms with Gasteiger partial charge in [0.15, 0.2) is 0 Å². The van der Waals surface area contributed by atoms with Crippen LogP contribution < -0.4 is 0 Å². The maximum Gasteiger partial charge on any atom is 0.255 e. The number of methoxy groups -OCH3 is 1. The van der Waals surface area contributed by atoms with E-state index in [2.05, 4.69) is 0 Å². The van der Waals surface area contributed by atoms with Gasteiger partial charge in [0, 0.05) is 25.1 Å². The minimum atomic E-state index is 0.120. The number of rotatable bonds is 3.